The van der Waals surface area contributed by atoms with Crippen LogP contribution in [0.4, 0.5) is 0 Å². The Kier molecular flexibility index (Phi) is 4.62. The first-order valence-corrected chi connectivity index (χ1v) is 8.31. The van der Waals surface area contributed by atoms with E-state index in [-0.39, 0.29) is 29.3 Å². The molecular formula is C20H26O4. The van der Waals surface area contributed by atoms with Crippen LogP contribution in [-0.4, -0.2) is 22.3 Å². The van der Waals surface area contributed by atoms with Gasteiger partial charge in [-0.1, -0.05) is 18.6 Å². The Labute approximate surface area is 143 Å². The van der Waals surface area contributed by atoms with Crippen molar-refractivity contribution in [3.63, 3.8) is 0 Å². The Morgan fingerprint density at radius 1 is 1.29 bits per heavy atom. The highest BCUT2D eigenvalue weighted by Crippen LogP contribution is 2.47. The number of ketones is 2. The van der Waals surface area contributed by atoms with Crippen molar-refractivity contribution in [1.82, 2.24) is 0 Å². The minimum absolute atomic E-state index is 0.103. The first-order chi connectivity index (χ1) is 11.0. The molecule has 2 rings (SSSR count). The summed E-state index contributed by atoms with van der Waals surface area (Å²) in [5, 5.41) is 10.5. The molecule has 1 aliphatic carbocycles. The van der Waals surface area contributed by atoms with Crippen LogP contribution in [0.15, 0.2) is 46.5 Å². The van der Waals surface area contributed by atoms with Gasteiger partial charge < -0.3 is 9.84 Å². The summed E-state index contributed by atoms with van der Waals surface area (Å²) in [6, 6.07) is 0. The molecule has 130 valence electrons. The number of rotatable bonds is 4. The van der Waals surface area contributed by atoms with E-state index in [4.69, 9.17) is 4.74 Å². The summed E-state index contributed by atoms with van der Waals surface area (Å²) >= 11 is 0. The third kappa shape index (κ3) is 2.97. The van der Waals surface area contributed by atoms with E-state index in [1.807, 2.05) is 39.8 Å². The van der Waals surface area contributed by atoms with E-state index in [0.29, 0.717) is 17.8 Å². The number of carbonyl (C=O) groups is 2. The first kappa shape index (κ1) is 18.2. The van der Waals surface area contributed by atoms with Crippen molar-refractivity contribution in [3.05, 3.63) is 46.5 Å². The van der Waals surface area contributed by atoms with Crippen LogP contribution in [-0.2, 0) is 14.3 Å². The largest absolute Gasteiger partial charge is 0.506 e. The highest BCUT2D eigenvalue weighted by molar-refractivity contribution is 6.24. The lowest BCUT2D eigenvalue weighted by molar-refractivity contribution is -0.129. The first-order valence-electron chi connectivity index (χ1n) is 8.31. The number of allylic oxidation sites excluding steroid dienone is 5. The molecule has 24 heavy (non-hydrogen) atoms. The SMILES string of the molecule is CCC(=O)C1=C(O)C2=C(OC(C)(C)C=C2)[C@](C)(CC=C(C)C)C1=O. The number of ether oxygens (including phenoxy) is 1. The van der Waals surface area contributed by atoms with Gasteiger partial charge in [-0.2, -0.15) is 0 Å². The second kappa shape index (κ2) is 6.08. The van der Waals surface area contributed by atoms with E-state index in [0.717, 1.165) is 5.57 Å². The van der Waals surface area contributed by atoms with Crippen LogP contribution < -0.4 is 0 Å². The Hall–Kier alpha value is -2.10. The maximum Gasteiger partial charge on any atom is 0.183 e. The number of aliphatic hydroxyl groups is 1. The van der Waals surface area contributed by atoms with Crippen LogP contribution in [0.25, 0.3) is 0 Å². The molecule has 2 aliphatic rings. The van der Waals surface area contributed by atoms with Crippen molar-refractivity contribution in [1.29, 1.82) is 0 Å². The molecule has 4 nitrogen and oxygen atoms in total. The molecule has 1 aliphatic heterocycles. The summed E-state index contributed by atoms with van der Waals surface area (Å²) in [6.45, 7) is 11.2. The topological polar surface area (TPSA) is 63.6 Å². The number of hydrogen-bond acceptors (Lipinski definition) is 4. The predicted octanol–water partition coefficient (Wildman–Crippen LogP) is 4.34. The molecule has 0 bridgehead atoms. The molecule has 0 spiro atoms. The smallest absolute Gasteiger partial charge is 0.183 e. The third-order valence-electron chi connectivity index (χ3n) is 4.50. The summed E-state index contributed by atoms with van der Waals surface area (Å²) in [5.41, 5.74) is -0.151. The van der Waals surface area contributed by atoms with Gasteiger partial charge in [0.05, 0.1) is 11.0 Å². The quantitative estimate of drug-likeness (QED) is 0.615. The zero-order valence-corrected chi connectivity index (χ0v) is 15.3. The van der Waals surface area contributed by atoms with Gasteiger partial charge in [0.1, 0.15) is 22.7 Å². The van der Waals surface area contributed by atoms with Gasteiger partial charge in [0.2, 0.25) is 0 Å². The van der Waals surface area contributed by atoms with Crippen molar-refractivity contribution in [2.45, 2.75) is 60.0 Å². The maximum absolute atomic E-state index is 13.1. The highest BCUT2D eigenvalue weighted by Gasteiger charge is 2.50. The molecule has 0 aromatic rings. The minimum atomic E-state index is -0.999. The van der Waals surface area contributed by atoms with E-state index < -0.39 is 11.0 Å². The molecule has 0 fully saturated rings. The predicted molar refractivity (Wildman–Crippen MR) is 93.4 cm³/mol. The van der Waals surface area contributed by atoms with Crippen molar-refractivity contribution in [3.8, 4) is 0 Å². The molecule has 0 amide bonds. The molecule has 0 radical (unpaired) electrons. The Morgan fingerprint density at radius 2 is 1.92 bits per heavy atom. The van der Waals surface area contributed by atoms with Crippen molar-refractivity contribution >= 4 is 11.6 Å². The molecule has 0 saturated carbocycles. The minimum Gasteiger partial charge on any atom is -0.506 e. The van der Waals surface area contributed by atoms with Crippen LogP contribution in [0.2, 0.25) is 0 Å². The monoisotopic (exact) mass is 330 g/mol. The van der Waals surface area contributed by atoms with Crippen molar-refractivity contribution < 1.29 is 19.4 Å². The van der Waals surface area contributed by atoms with E-state index >= 15 is 0 Å². The zero-order chi connectivity index (χ0) is 18.3. The zero-order valence-electron chi connectivity index (χ0n) is 15.3. The van der Waals surface area contributed by atoms with Crippen LogP contribution in [0.1, 0.15) is 54.4 Å². The number of hydrogen-bond donors (Lipinski definition) is 1. The van der Waals surface area contributed by atoms with Gasteiger partial charge >= 0.3 is 0 Å². The molecule has 4 heteroatoms. The van der Waals surface area contributed by atoms with Gasteiger partial charge in [-0.05, 0) is 53.2 Å². The second-order valence-electron chi connectivity index (χ2n) is 7.43. The van der Waals surface area contributed by atoms with E-state index in [9.17, 15) is 14.7 Å². The normalized spacial score (nSPS) is 25.3. The summed E-state index contributed by atoms with van der Waals surface area (Å²) in [7, 11) is 0. The van der Waals surface area contributed by atoms with Gasteiger partial charge in [0.15, 0.2) is 11.6 Å². The summed E-state index contributed by atoms with van der Waals surface area (Å²) < 4.78 is 6.07. The van der Waals surface area contributed by atoms with E-state index in [2.05, 4.69) is 0 Å². The number of carbonyl (C=O) groups excluding carboxylic acids is 2. The van der Waals surface area contributed by atoms with Gasteiger partial charge in [-0.15, -0.1) is 0 Å². The summed E-state index contributed by atoms with van der Waals surface area (Å²) in [6.07, 6.45) is 6.14. The summed E-state index contributed by atoms with van der Waals surface area (Å²) in [5.74, 6) is -0.522. The standard InChI is InChI=1S/C20H26O4/c1-7-14(21)15-16(22)13-9-10-19(4,5)24-18(13)20(6,17(15)23)11-8-12(2)3/h8-10,22H,7,11H2,1-6H3/t20-/m1/s1. The Morgan fingerprint density at radius 3 is 2.46 bits per heavy atom. The lowest BCUT2D eigenvalue weighted by Gasteiger charge is -2.41. The van der Waals surface area contributed by atoms with Crippen LogP contribution in [0.5, 0.6) is 0 Å². The Bertz CT molecular complexity index is 712. The molecule has 0 aromatic heterocycles. The Balaban J connectivity index is 2.69. The molecule has 0 aromatic carbocycles. The lowest BCUT2D eigenvalue weighted by atomic mass is 9.69. The third-order valence-corrected chi connectivity index (χ3v) is 4.50. The maximum atomic E-state index is 13.1. The van der Waals surface area contributed by atoms with Crippen LogP contribution >= 0.6 is 0 Å². The molecule has 1 atom stereocenters. The molecule has 0 unspecified atom stereocenters. The van der Waals surface area contributed by atoms with Gasteiger partial charge in [-0.25, -0.2) is 0 Å². The molecule has 1 heterocycles. The van der Waals surface area contributed by atoms with Crippen molar-refractivity contribution in [2.75, 3.05) is 0 Å². The molecule has 1 N–H and O–H groups in total. The van der Waals surface area contributed by atoms with Crippen molar-refractivity contribution in [2.24, 2.45) is 5.41 Å². The van der Waals surface area contributed by atoms with Crippen LogP contribution in [0.3, 0.4) is 0 Å². The number of Topliss-reactive ketones (excluding diaryl/α,β-unsaturated/α-hetero) is 2. The summed E-state index contributed by atoms with van der Waals surface area (Å²) in [4.78, 5) is 25.4. The fourth-order valence-corrected chi connectivity index (χ4v) is 2.96. The van der Waals surface area contributed by atoms with Gasteiger partial charge in [0, 0.05) is 6.42 Å². The van der Waals surface area contributed by atoms with Gasteiger partial charge in [0.25, 0.3) is 0 Å². The lowest BCUT2D eigenvalue weighted by Crippen LogP contribution is -2.42. The number of aliphatic hydroxyl groups excluding tert-OH is 1. The molecule has 0 saturated heterocycles. The average Bonchev–Trinajstić information content (AvgIpc) is 2.50. The van der Waals surface area contributed by atoms with E-state index in [1.54, 1.807) is 19.9 Å². The fourth-order valence-electron chi connectivity index (χ4n) is 2.96. The second-order valence-corrected chi connectivity index (χ2v) is 7.43. The molecular weight excluding hydrogens is 304 g/mol. The van der Waals surface area contributed by atoms with Gasteiger partial charge in [-0.3, -0.25) is 9.59 Å². The fraction of sp³-hybridized carbons (Fsp3) is 0.500. The average molecular weight is 330 g/mol. The van der Waals surface area contributed by atoms with Crippen LogP contribution in [0, 0.1) is 5.41 Å². The highest BCUT2D eigenvalue weighted by atomic mass is 16.5. The van der Waals surface area contributed by atoms with E-state index in [1.165, 1.54) is 0 Å².